The number of rotatable bonds is 5. The largest absolute Gasteiger partial charge is 1.00 e. The standard InChI is InChI=1S/C18H11O3.C5H11N.K/c19-10-12-2-1-3-13(8-12)14-4-6-16-15(9-14)5-7-18(21)17(16)11-20;1-4-6(3)5-2;/h1-9,11,21H;1-2,4-5H2,3H3;/q-1;-2;+1. The Morgan fingerprint density at radius 3 is 2.29 bits per heavy atom. The average molecular weight is 400 g/mol. The summed E-state index contributed by atoms with van der Waals surface area (Å²) in [5, 5.41) is 11.2. The van der Waals surface area contributed by atoms with Crippen LogP contribution in [0.15, 0.2) is 54.6 Å². The molecule has 1 N–H and O–H groups in total. The van der Waals surface area contributed by atoms with Gasteiger partial charge in [-0.2, -0.15) is 17.7 Å². The van der Waals surface area contributed by atoms with Crippen LogP contribution in [0.5, 0.6) is 5.75 Å². The van der Waals surface area contributed by atoms with Crippen LogP contribution in [0.1, 0.15) is 15.9 Å². The molecule has 0 unspecified atom stereocenters. The smallest absolute Gasteiger partial charge is 0.507 e. The van der Waals surface area contributed by atoms with E-state index in [1.54, 1.807) is 30.3 Å². The maximum atomic E-state index is 11.1. The van der Waals surface area contributed by atoms with E-state index in [1.165, 1.54) is 6.07 Å². The molecule has 28 heavy (non-hydrogen) atoms. The molecule has 140 valence electrons. The number of carbonyl (C=O) groups is 1. The second-order valence-electron chi connectivity index (χ2n) is 6.04. The number of nitrogens with zero attached hydrogens (tertiary/aromatic N) is 1. The molecule has 3 aromatic carbocycles. The Kier molecular flexibility index (Phi) is 10.8. The molecule has 3 rings (SSSR count). The molecule has 0 aromatic heterocycles. The van der Waals surface area contributed by atoms with Gasteiger partial charge in [0.1, 0.15) is 5.75 Å². The van der Waals surface area contributed by atoms with Gasteiger partial charge in [-0.1, -0.05) is 29.8 Å². The first-order chi connectivity index (χ1) is 13.0. The number of hydrogen-bond acceptors (Lipinski definition) is 4. The van der Waals surface area contributed by atoms with Crippen LogP contribution in [0.3, 0.4) is 0 Å². The SMILES string of the molecule is O=[C-]c1cccc(-c2ccc3c(C=O)c(O)ccc3c2)c1.[CH2-]CN(C)C[CH2-].[K+]. The molecule has 0 aliphatic heterocycles. The summed E-state index contributed by atoms with van der Waals surface area (Å²) in [6.45, 7) is 8.99. The minimum Gasteiger partial charge on any atom is -0.507 e. The van der Waals surface area contributed by atoms with Crippen LogP contribution in [0, 0.1) is 13.8 Å². The zero-order valence-corrected chi connectivity index (χ0v) is 19.4. The van der Waals surface area contributed by atoms with E-state index >= 15 is 0 Å². The summed E-state index contributed by atoms with van der Waals surface area (Å²) in [5.74, 6) is -0.0252. The molecule has 0 bridgehead atoms. The summed E-state index contributed by atoms with van der Waals surface area (Å²) >= 11 is 0. The minimum atomic E-state index is -0.0252. The predicted octanol–water partition coefficient (Wildman–Crippen LogP) is 1.07. The molecule has 0 saturated heterocycles. The van der Waals surface area contributed by atoms with E-state index in [4.69, 9.17) is 0 Å². The van der Waals surface area contributed by atoms with Crippen molar-refractivity contribution in [2.45, 2.75) is 0 Å². The van der Waals surface area contributed by atoms with Gasteiger partial charge in [-0.25, -0.2) is 0 Å². The summed E-state index contributed by atoms with van der Waals surface area (Å²) in [7, 11) is 1.99. The van der Waals surface area contributed by atoms with Crippen molar-refractivity contribution >= 4 is 23.3 Å². The van der Waals surface area contributed by atoms with Crippen molar-refractivity contribution in [2.75, 3.05) is 20.1 Å². The van der Waals surface area contributed by atoms with Gasteiger partial charge in [-0.3, -0.25) is 4.79 Å². The third kappa shape index (κ3) is 6.34. The van der Waals surface area contributed by atoms with Gasteiger partial charge in [0.05, 0.1) is 11.8 Å². The maximum Gasteiger partial charge on any atom is 1.00 e. The van der Waals surface area contributed by atoms with Crippen LogP contribution in [-0.2, 0) is 4.79 Å². The van der Waals surface area contributed by atoms with E-state index in [2.05, 4.69) is 13.8 Å². The molecular formula is C23H22KNO3-2. The zero-order valence-electron chi connectivity index (χ0n) is 16.3. The van der Waals surface area contributed by atoms with E-state index in [1.807, 2.05) is 36.4 Å². The Labute approximate surface area is 209 Å². The summed E-state index contributed by atoms with van der Waals surface area (Å²) in [5.41, 5.74) is 2.61. The van der Waals surface area contributed by atoms with Gasteiger partial charge in [0.15, 0.2) is 6.29 Å². The quantitative estimate of drug-likeness (QED) is 0.396. The van der Waals surface area contributed by atoms with Crippen molar-refractivity contribution in [3.8, 4) is 16.9 Å². The number of hydrogen-bond donors (Lipinski definition) is 1. The Balaban J connectivity index is 0.000000492. The van der Waals surface area contributed by atoms with Crippen molar-refractivity contribution < 1.29 is 66.1 Å². The van der Waals surface area contributed by atoms with Gasteiger partial charge in [-0.05, 0) is 35.5 Å². The minimum absolute atomic E-state index is 0. The third-order valence-electron chi connectivity index (χ3n) is 4.23. The van der Waals surface area contributed by atoms with E-state index < -0.39 is 0 Å². The zero-order chi connectivity index (χ0) is 19.8. The fourth-order valence-electron chi connectivity index (χ4n) is 2.52. The van der Waals surface area contributed by atoms with Crippen molar-refractivity contribution in [2.24, 2.45) is 0 Å². The van der Waals surface area contributed by atoms with Gasteiger partial charge in [0.2, 0.25) is 0 Å². The molecule has 5 heteroatoms. The molecule has 0 radical (unpaired) electrons. The van der Waals surface area contributed by atoms with E-state index in [0.717, 1.165) is 29.6 Å². The fourth-order valence-corrected chi connectivity index (χ4v) is 2.52. The summed E-state index contributed by atoms with van der Waals surface area (Å²) in [6, 6.07) is 16.0. The normalized spacial score (nSPS) is 10.0. The fraction of sp³-hybridized carbons (Fsp3) is 0.130. The van der Waals surface area contributed by atoms with E-state index in [-0.39, 0.29) is 62.7 Å². The van der Waals surface area contributed by atoms with Crippen LogP contribution in [0.2, 0.25) is 0 Å². The van der Waals surface area contributed by atoms with Crippen LogP contribution in [0.4, 0.5) is 0 Å². The van der Waals surface area contributed by atoms with Crippen molar-refractivity contribution in [1.82, 2.24) is 4.90 Å². The molecule has 0 aliphatic carbocycles. The third-order valence-corrected chi connectivity index (χ3v) is 4.23. The Morgan fingerprint density at radius 1 is 1.04 bits per heavy atom. The summed E-state index contributed by atoms with van der Waals surface area (Å²) < 4.78 is 0. The second kappa shape index (κ2) is 12.3. The first-order valence-corrected chi connectivity index (χ1v) is 8.50. The monoisotopic (exact) mass is 399 g/mol. The molecule has 0 fully saturated rings. The van der Waals surface area contributed by atoms with E-state index in [9.17, 15) is 14.7 Å². The molecule has 0 amide bonds. The van der Waals surface area contributed by atoms with Gasteiger partial charge < -0.3 is 28.6 Å². The van der Waals surface area contributed by atoms with Crippen LogP contribution < -0.4 is 51.4 Å². The number of benzene rings is 3. The van der Waals surface area contributed by atoms with Gasteiger partial charge in [-0.15, -0.1) is 19.2 Å². The van der Waals surface area contributed by atoms with Crippen molar-refractivity contribution in [3.63, 3.8) is 0 Å². The average Bonchev–Trinajstić information content (AvgIpc) is 2.73. The molecule has 0 spiro atoms. The number of phenolic OH excluding ortho intramolecular Hbond substituents is 1. The molecule has 0 heterocycles. The van der Waals surface area contributed by atoms with Gasteiger partial charge in [0.25, 0.3) is 0 Å². The number of aldehydes is 1. The van der Waals surface area contributed by atoms with Crippen molar-refractivity contribution in [1.29, 1.82) is 0 Å². The molecule has 3 aromatic rings. The van der Waals surface area contributed by atoms with Gasteiger partial charge >= 0.3 is 51.4 Å². The van der Waals surface area contributed by atoms with Crippen LogP contribution in [0.25, 0.3) is 21.9 Å². The molecule has 0 aliphatic rings. The van der Waals surface area contributed by atoms with Gasteiger partial charge in [0, 0.05) is 0 Å². The molecule has 0 saturated carbocycles. The van der Waals surface area contributed by atoms with Crippen molar-refractivity contribution in [3.05, 3.63) is 79.6 Å². The molecule has 4 nitrogen and oxygen atoms in total. The van der Waals surface area contributed by atoms with Crippen LogP contribution in [-0.4, -0.2) is 42.7 Å². The van der Waals surface area contributed by atoms with E-state index in [0.29, 0.717) is 17.2 Å². The number of carbonyl (C=O) groups excluding carboxylic acids is 2. The maximum absolute atomic E-state index is 11.1. The first-order valence-electron chi connectivity index (χ1n) is 8.50. The summed E-state index contributed by atoms with van der Waals surface area (Å²) in [6.07, 6.45) is 2.52. The molecule has 0 atom stereocenters. The predicted molar refractivity (Wildman–Crippen MR) is 109 cm³/mol. The second-order valence-corrected chi connectivity index (χ2v) is 6.04. The first kappa shape index (κ1) is 24.7. The number of phenols is 1. The summed E-state index contributed by atoms with van der Waals surface area (Å²) in [4.78, 5) is 23.8. The number of aromatic hydroxyl groups is 1. The molecular weight excluding hydrogens is 377 g/mol. The topological polar surface area (TPSA) is 57.6 Å². The Bertz CT molecular complexity index is 936. The van der Waals surface area contributed by atoms with Crippen LogP contribution >= 0.6 is 0 Å². The Hall–Kier alpha value is -1.34. The number of fused-ring (bicyclic) bond motifs is 1. The Morgan fingerprint density at radius 2 is 1.71 bits per heavy atom.